The molecule has 0 aliphatic carbocycles. The van der Waals surface area contributed by atoms with Crippen molar-refractivity contribution in [2.24, 2.45) is 0 Å². The summed E-state index contributed by atoms with van der Waals surface area (Å²) in [5.74, 6) is -11.9. The molecule has 0 unspecified atom stereocenters. The molecule has 7 heteroatoms. The molecule has 0 aromatic heterocycles. The lowest BCUT2D eigenvalue weighted by Crippen LogP contribution is -2.04. The standard InChI is InChI=1S/C13H6ClF5O/c14-5-6-3-1-2-4-7(6)20-13-11(18)9(16)8(15)10(17)12(13)19/h1-4H,5H2. The van der Waals surface area contributed by atoms with Gasteiger partial charge in [0, 0.05) is 5.56 Å². The Bertz CT molecular complexity index is 630. The minimum Gasteiger partial charge on any atom is -0.451 e. The molecule has 0 heterocycles. The second-order valence-corrected chi connectivity index (χ2v) is 4.01. The Morgan fingerprint density at radius 2 is 1.30 bits per heavy atom. The summed E-state index contributed by atoms with van der Waals surface area (Å²) in [4.78, 5) is 0. The van der Waals surface area contributed by atoms with Gasteiger partial charge in [0.05, 0.1) is 5.88 Å². The third kappa shape index (κ3) is 2.43. The van der Waals surface area contributed by atoms with Gasteiger partial charge in [-0.25, -0.2) is 13.2 Å². The first-order valence-electron chi connectivity index (χ1n) is 5.30. The SMILES string of the molecule is Fc1c(F)c(F)c(Oc2ccccc2CCl)c(F)c1F. The van der Waals surface area contributed by atoms with E-state index in [1.54, 1.807) is 6.07 Å². The number of ether oxygens (including phenoxy) is 1. The molecule has 0 saturated carbocycles. The molecule has 0 N–H and O–H groups in total. The summed E-state index contributed by atoms with van der Waals surface area (Å²) >= 11 is 5.59. The first-order chi connectivity index (χ1) is 9.47. The van der Waals surface area contributed by atoms with Crippen LogP contribution in [-0.2, 0) is 5.88 Å². The van der Waals surface area contributed by atoms with Gasteiger partial charge in [-0.15, -0.1) is 11.6 Å². The van der Waals surface area contributed by atoms with Crippen LogP contribution in [0.5, 0.6) is 11.5 Å². The summed E-state index contributed by atoms with van der Waals surface area (Å²) in [5.41, 5.74) is 0.345. The van der Waals surface area contributed by atoms with E-state index in [0.29, 0.717) is 5.56 Å². The van der Waals surface area contributed by atoms with E-state index in [0.717, 1.165) is 0 Å². The van der Waals surface area contributed by atoms with Gasteiger partial charge < -0.3 is 4.74 Å². The van der Waals surface area contributed by atoms with Crippen LogP contribution in [0.2, 0.25) is 0 Å². The van der Waals surface area contributed by atoms with Crippen molar-refractivity contribution < 1.29 is 26.7 Å². The van der Waals surface area contributed by atoms with Crippen molar-refractivity contribution in [3.8, 4) is 11.5 Å². The molecule has 2 aromatic rings. The number of halogens is 6. The summed E-state index contributed by atoms with van der Waals surface area (Å²) in [5, 5.41) is 0. The average molecular weight is 309 g/mol. The molecule has 0 aliphatic rings. The number of benzene rings is 2. The Balaban J connectivity index is 2.54. The van der Waals surface area contributed by atoms with Crippen molar-refractivity contribution in [3.63, 3.8) is 0 Å². The van der Waals surface area contributed by atoms with Crippen LogP contribution in [0.25, 0.3) is 0 Å². The third-order valence-electron chi connectivity index (χ3n) is 2.50. The van der Waals surface area contributed by atoms with Crippen molar-refractivity contribution in [3.05, 3.63) is 58.9 Å². The lowest BCUT2D eigenvalue weighted by Gasteiger charge is -2.12. The molecule has 0 aliphatic heterocycles. The first-order valence-corrected chi connectivity index (χ1v) is 5.84. The maximum Gasteiger partial charge on any atom is 0.207 e. The predicted octanol–water partition coefficient (Wildman–Crippen LogP) is 4.91. The lowest BCUT2D eigenvalue weighted by atomic mass is 10.2. The van der Waals surface area contributed by atoms with Crippen molar-refractivity contribution in [1.82, 2.24) is 0 Å². The smallest absolute Gasteiger partial charge is 0.207 e. The highest BCUT2D eigenvalue weighted by Gasteiger charge is 2.27. The topological polar surface area (TPSA) is 9.23 Å². The molecule has 0 amide bonds. The molecule has 106 valence electrons. The normalized spacial score (nSPS) is 10.7. The van der Waals surface area contributed by atoms with E-state index in [1.165, 1.54) is 18.2 Å². The third-order valence-corrected chi connectivity index (χ3v) is 2.79. The van der Waals surface area contributed by atoms with E-state index in [2.05, 4.69) is 0 Å². The highest BCUT2D eigenvalue weighted by Crippen LogP contribution is 2.34. The molecule has 0 atom stereocenters. The molecular weight excluding hydrogens is 303 g/mol. The van der Waals surface area contributed by atoms with Gasteiger partial charge in [0.1, 0.15) is 5.75 Å². The Morgan fingerprint density at radius 1 is 0.800 bits per heavy atom. The molecule has 0 radical (unpaired) electrons. The largest absolute Gasteiger partial charge is 0.451 e. The van der Waals surface area contributed by atoms with Crippen LogP contribution in [-0.4, -0.2) is 0 Å². The molecular formula is C13H6ClF5O. The second kappa shape index (κ2) is 5.66. The van der Waals surface area contributed by atoms with Gasteiger partial charge in [-0.05, 0) is 6.07 Å². The van der Waals surface area contributed by atoms with E-state index in [4.69, 9.17) is 16.3 Å². The van der Waals surface area contributed by atoms with Gasteiger partial charge in [0.2, 0.25) is 34.8 Å². The van der Waals surface area contributed by atoms with Gasteiger partial charge in [0.25, 0.3) is 0 Å². The summed E-state index contributed by atoms with van der Waals surface area (Å²) in [6.07, 6.45) is 0. The number of hydrogen-bond acceptors (Lipinski definition) is 1. The van der Waals surface area contributed by atoms with E-state index in [9.17, 15) is 22.0 Å². The number of hydrogen-bond donors (Lipinski definition) is 0. The fourth-order valence-electron chi connectivity index (χ4n) is 1.50. The first kappa shape index (κ1) is 14.6. The van der Waals surface area contributed by atoms with Crippen LogP contribution in [0.15, 0.2) is 24.3 Å². The molecule has 0 fully saturated rings. The average Bonchev–Trinajstić information content (AvgIpc) is 2.48. The molecule has 1 nitrogen and oxygen atoms in total. The van der Waals surface area contributed by atoms with Gasteiger partial charge in [-0.1, -0.05) is 18.2 Å². The fraction of sp³-hybridized carbons (Fsp3) is 0.0769. The fourth-order valence-corrected chi connectivity index (χ4v) is 1.72. The van der Waals surface area contributed by atoms with Gasteiger partial charge in [0.15, 0.2) is 0 Å². The second-order valence-electron chi connectivity index (χ2n) is 3.74. The van der Waals surface area contributed by atoms with Crippen LogP contribution >= 0.6 is 11.6 Å². The van der Waals surface area contributed by atoms with Crippen LogP contribution in [0.3, 0.4) is 0 Å². The highest BCUT2D eigenvalue weighted by atomic mass is 35.5. The Hall–Kier alpha value is -1.82. The van der Waals surface area contributed by atoms with Crippen LogP contribution in [0, 0.1) is 29.1 Å². The number of rotatable bonds is 3. The summed E-state index contributed by atoms with van der Waals surface area (Å²) in [6, 6.07) is 5.85. The van der Waals surface area contributed by atoms with Gasteiger partial charge in [-0.3, -0.25) is 0 Å². The molecule has 0 spiro atoms. The minimum atomic E-state index is -2.24. The molecule has 2 aromatic carbocycles. The molecule has 2 rings (SSSR count). The van der Waals surface area contributed by atoms with E-state index in [1.807, 2.05) is 0 Å². The van der Waals surface area contributed by atoms with Gasteiger partial charge in [-0.2, -0.15) is 8.78 Å². The molecule has 20 heavy (non-hydrogen) atoms. The highest BCUT2D eigenvalue weighted by molar-refractivity contribution is 6.17. The maximum absolute atomic E-state index is 13.4. The quantitative estimate of drug-likeness (QED) is 0.339. The van der Waals surface area contributed by atoms with Crippen molar-refractivity contribution >= 4 is 11.6 Å². The van der Waals surface area contributed by atoms with E-state index < -0.39 is 34.8 Å². The van der Waals surface area contributed by atoms with Crippen LogP contribution < -0.4 is 4.74 Å². The van der Waals surface area contributed by atoms with Crippen LogP contribution in [0.4, 0.5) is 22.0 Å². The maximum atomic E-state index is 13.4. The Labute approximate surface area is 115 Å². The zero-order chi connectivity index (χ0) is 14.9. The Kier molecular flexibility index (Phi) is 4.13. The lowest BCUT2D eigenvalue weighted by molar-refractivity contribution is 0.331. The zero-order valence-electron chi connectivity index (χ0n) is 9.69. The van der Waals surface area contributed by atoms with E-state index >= 15 is 0 Å². The monoisotopic (exact) mass is 308 g/mol. The minimum absolute atomic E-state index is 0.0500. The van der Waals surface area contributed by atoms with Crippen molar-refractivity contribution in [2.45, 2.75) is 5.88 Å². The number of para-hydroxylation sites is 1. The predicted molar refractivity (Wildman–Crippen MR) is 62.3 cm³/mol. The Morgan fingerprint density at radius 3 is 1.85 bits per heavy atom. The molecule has 0 bridgehead atoms. The number of alkyl halides is 1. The van der Waals surface area contributed by atoms with Crippen molar-refractivity contribution in [2.75, 3.05) is 0 Å². The van der Waals surface area contributed by atoms with Crippen LogP contribution in [0.1, 0.15) is 5.56 Å². The zero-order valence-corrected chi connectivity index (χ0v) is 10.4. The summed E-state index contributed by atoms with van der Waals surface area (Å²) in [6.45, 7) is 0. The van der Waals surface area contributed by atoms with Gasteiger partial charge >= 0.3 is 0 Å². The van der Waals surface area contributed by atoms with Crippen molar-refractivity contribution in [1.29, 1.82) is 0 Å². The summed E-state index contributed by atoms with van der Waals surface area (Å²) < 4.78 is 70.6. The van der Waals surface area contributed by atoms with E-state index in [-0.39, 0.29) is 11.6 Å². The molecule has 0 saturated heterocycles. The summed E-state index contributed by atoms with van der Waals surface area (Å²) in [7, 11) is 0.